The van der Waals surface area contributed by atoms with Crippen molar-refractivity contribution in [1.29, 1.82) is 0 Å². The summed E-state index contributed by atoms with van der Waals surface area (Å²) in [6.45, 7) is 1.25. The van der Waals surface area contributed by atoms with Crippen molar-refractivity contribution in [3.63, 3.8) is 0 Å². The molecule has 0 aliphatic rings. The molecule has 2 N–H and O–H groups in total. The summed E-state index contributed by atoms with van der Waals surface area (Å²) >= 11 is 6.10. The second-order valence-electron chi connectivity index (χ2n) is 8.85. The Morgan fingerprint density at radius 3 is 2.30 bits per heavy atom. The van der Waals surface area contributed by atoms with Gasteiger partial charge in [0, 0.05) is 53.7 Å². The first-order valence-electron chi connectivity index (χ1n) is 12.3. The van der Waals surface area contributed by atoms with Crippen LogP contribution in [-0.2, 0) is 4.79 Å². The molecular formula is C30H28ClN5O. The second-order valence-corrected chi connectivity index (χ2v) is 9.28. The van der Waals surface area contributed by atoms with Crippen molar-refractivity contribution >= 4 is 34.1 Å². The van der Waals surface area contributed by atoms with E-state index in [1.54, 1.807) is 18.7 Å². The number of carbonyl (C=O) groups is 1. The molecule has 5 aromatic rings. The number of carbonyl (C=O) groups excluding carboxylic acids is 1. The van der Waals surface area contributed by atoms with Gasteiger partial charge in [-0.15, -0.1) is 0 Å². The number of aromatic nitrogens is 3. The minimum absolute atomic E-state index is 0.0419. The van der Waals surface area contributed by atoms with Gasteiger partial charge < -0.3 is 15.2 Å². The van der Waals surface area contributed by atoms with Crippen LogP contribution in [0, 0.1) is 0 Å². The number of amides is 1. The highest BCUT2D eigenvalue weighted by atomic mass is 35.5. The quantitative estimate of drug-likeness (QED) is 0.224. The molecule has 0 radical (unpaired) electrons. The molecule has 1 amide bonds. The van der Waals surface area contributed by atoms with Crippen molar-refractivity contribution in [2.24, 2.45) is 0 Å². The van der Waals surface area contributed by atoms with E-state index in [0.717, 1.165) is 34.1 Å². The van der Waals surface area contributed by atoms with E-state index in [1.165, 1.54) is 0 Å². The van der Waals surface area contributed by atoms with Crippen molar-refractivity contribution in [2.45, 2.75) is 18.4 Å². The Bertz CT molecular complexity index is 1400. The molecule has 0 spiro atoms. The Labute approximate surface area is 221 Å². The highest BCUT2D eigenvalue weighted by Crippen LogP contribution is 2.35. The minimum atomic E-state index is -0.478. The molecule has 3 aromatic carbocycles. The number of halogens is 1. The molecule has 1 atom stereocenters. The smallest absolute Gasteiger partial charge is 0.244 e. The van der Waals surface area contributed by atoms with Crippen LogP contribution in [0.5, 0.6) is 0 Å². The summed E-state index contributed by atoms with van der Waals surface area (Å²) in [6, 6.07) is 27.5. The number of nitrogens with zero attached hydrogens (tertiary/aromatic N) is 3. The lowest BCUT2D eigenvalue weighted by molar-refractivity contribution is -0.124. The zero-order chi connectivity index (χ0) is 25.5. The van der Waals surface area contributed by atoms with Crippen LogP contribution in [0.2, 0.25) is 5.02 Å². The number of pyridine rings is 1. The number of fused-ring (bicyclic) bond motifs is 1. The lowest BCUT2D eigenvalue weighted by atomic mass is 9.84. The number of anilines is 1. The monoisotopic (exact) mass is 509 g/mol. The molecule has 1 unspecified atom stereocenters. The molecule has 6 nitrogen and oxygen atoms in total. The summed E-state index contributed by atoms with van der Waals surface area (Å²) in [6.07, 6.45) is 7.81. The molecule has 0 saturated carbocycles. The van der Waals surface area contributed by atoms with Gasteiger partial charge in [-0.2, -0.15) is 0 Å². The molecule has 7 heteroatoms. The summed E-state index contributed by atoms with van der Waals surface area (Å²) in [7, 11) is 0. The Balaban J connectivity index is 1.29. The summed E-state index contributed by atoms with van der Waals surface area (Å²) in [5.74, 6) is -0.204. The van der Waals surface area contributed by atoms with Gasteiger partial charge in [0.2, 0.25) is 5.91 Å². The molecule has 186 valence electrons. The third-order valence-electron chi connectivity index (χ3n) is 6.42. The number of hydrogen-bond donors (Lipinski definition) is 2. The van der Waals surface area contributed by atoms with Crippen molar-refractivity contribution in [3.05, 3.63) is 126 Å². The Hall–Kier alpha value is -4.16. The third-order valence-corrected chi connectivity index (χ3v) is 6.66. The number of nitrogens with one attached hydrogen (secondary N) is 2. The van der Waals surface area contributed by atoms with Gasteiger partial charge in [0.05, 0.1) is 11.8 Å². The molecule has 2 heterocycles. The average Bonchev–Trinajstić information content (AvgIpc) is 3.46. The lowest BCUT2D eigenvalue weighted by Gasteiger charge is -2.28. The van der Waals surface area contributed by atoms with Gasteiger partial charge in [-0.05, 0) is 41.8 Å². The van der Waals surface area contributed by atoms with E-state index < -0.39 is 6.04 Å². The van der Waals surface area contributed by atoms with Crippen LogP contribution in [0.4, 0.5) is 5.69 Å². The van der Waals surface area contributed by atoms with E-state index >= 15 is 0 Å². The summed E-state index contributed by atoms with van der Waals surface area (Å²) < 4.78 is 1.90. The highest BCUT2D eigenvalue weighted by Gasteiger charge is 2.32. The van der Waals surface area contributed by atoms with Crippen LogP contribution in [0.3, 0.4) is 0 Å². The Morgan fingerprint density at radius 2 is 1.62 bits per heavy atom. The Morgan fingerprint density at radius 1 is 0.892 bits per heavy atom. The van der Waals surface area contributed by atoms with E-state index in [-0.39, 0.29) is 11.8 Å². The Kier molecular flexibility index (Phi) is 7.77. The standard InChI is InChI=1S/C30H28ClN5O/c31-24-12-13-25-26(14-17-34-27(25)20-24)33-15-7-16-35-30(37)29(36-19-18-32-21-36)28(22-8-3-1-4-9-22)23-10-5-2-6-11-23/h1-6,8-14,17-21,28-29H,7,15-16H2,(H,33,34)(H,35,37). The van der Waals surface area contributed by atoms with Crippen molar-refractivity contribution in [3.8, 4) is 0 Å². The summed E-state index contributed by atoms with van der Waals surface area (Å²) in [4.78, 5) is 22.3. The topological polar surface area (TPSA) is 71.8 Å². The molecule has 0 fully saturated rings. The maximum atomic E-state index is 13.7. The number of imidazole rings is 1. The zero-order valence-electron chi connectivity index (χ0n) is 20.3. The molecule has 5 rings (SSSR count). The van der Waals surface area contributed by atoms with Gasteiger partial charge in [-0.25, -0.2) is 4.98 Å². The van der Waals surface area contributed by atoms with Gasteiger partial charge in [-0.3, -0.25) is 9.78 Å². The highest BCUT2D eigenvalue weighted by molar-refractivity contribution is 6.31. The van der Waals surface area contributed by atoms with Crippen molar-refractivity contribution in [1.82, 2.24) is 19.9 Å². The van der Waals surface area contributed by atoms with Crippen LogP contribution < -0.4 is 10.6 Å². The molecule has 0 aliphatic carbocycles. The van der Waals surface area contributed by atoms with Gasteiger partial charge in [0.1, 0.15) is 6.04 Å². The zero-order valence-corrected chi connectivity index (χ0v) is 21.1. The summed E-state index contributed by atoms with van der Waals surface area (Å²) in [5, 5.41) is 8.31. The van der Waals surface area contributed by atoms with Crippen molar-refractivity contribution in [2.75, 3.05) is 18.4 Å². The van der Waals surface area contributed by atoms with Crippen LogP contribution >= 0.6 is 11.6 Å². The van der Waals surface area contributed by atoms with E-state index in [2.05, 4.69) is 44.9 Å². The molecular weight excluding hydrogens is 482 g/mol. The molecule has 0 bridgehead atoms. The van der Waals surface area contributed by atoms with Crippen LogP contribution in [-0.4, -0.2) is 33.5 Å². The predicted octanol–water partition coefficient (Wildman–Crippen LogP) is 6.08. The first kappa shape index (κ1) is 24.5. The average molecular weight is 510 g/mol. The van der Waals surface area contributed by atoms with Gasteiger partial charge in [-0.1, -0.05) is 72.3 Å². The summed E-state index contributed by atoms with van der Waals surface area (Å²) in [5.41, 5.74) is 4.00. The fourth-order valence-electron chi connectivity index (χ4n) is 4.67. The molecule has 2 aromatic heterocycles. The normalized spacial score (nSPS) is 11.9. The minimum Gasteiger partial charge on any atom is -0.384 e. The first-order valence-corrected chi connectivity index (χ1v) is 12.7. The SMILES string of the molecule is O=C(NCCCNc1ccnc2cc(Cl)ccc12)C(C(c1ccccc1)c1ccccc1)n1ccnc1. The van der Waals surface area contributed by atoms with Crippen molar-refractivity contribution < 1.29 is 4.79 Å². The number of hydrogen-bond acceptors (Lipinski definition) is 4. The van der Waals surface area contributed by atoms with E-state index in [1.807, 2.05) is 71.4 Å². The number of rotatable bonds is 10. The maximum Gasteiger partial charge on any atom is 0.244 e. The fourth-order valence-corrected chi connectivity index (χ4v) is 4.84. The van der Waals surface area contributed by atoms with Gasteiger partial charge in [0.25, 0.3) is 0 Å². The van der Waals surface area contributed by atoms with E-state index in [0.29, 0.717) is 18.1 Å². The molecule has 37 heavy (non-hydrogen) atoms. The first-order chi connectivity index (χ1) is 18.2. The second kappa shape index (κ2) is 11.7. The fraction of sp³-hybridized carbons (Fsp3) is 0.167. The van der Waals surface area contributed by atoms with Gasteiger partial charge in [0.15, 0.2) is 0 Å². The lowest BCUT2D eigenvalue weighted by Crippen LogP contribution is -2.37. The van der Waals surface area contributed by atoms with Crippen LogP contribution in [0.15, 0.2) is 110 Å². The van der Waals surface area contributed by atoms with Crippen LogP contribution in [0.1, 0.15) is 29.5 Å². The van der Waals surface area contributed by atoms with Crippen LogP contribution in [0.25, 0.3) is 10.9 Å². The molecule has 0 saturated heterocycles. The number of benzene rings is 3. The molecule has 0 aliphatic heterocycles. The third kappa shape index (κ3) is 5.81. The maximum absolute atomic E-state index is 13.7. The van der Waals surface area contributed by atoms with Gasteiger partial charge >= 0.3 is 0 Å². The largest absolute Gasteiger partial charge is 0.384 e. The van der Waals surface area contributed by atoms with E-state index in [4.69, 9.17) is 11.6 Å². The van der Waals surface area contributed by atoms with E-state index in [9.17, 15) is 4.79 Å². The predicted molar refractivity (Wildman–Crippen MR) is 149 cm³/mol.